The molecule has 27 heavy (non-hydrogen) atoms. The molecule has 2 aliphatic rings. The van der Waals surface area contributed by atoms with Gasteiger partial charge in [-0.25, -0.2) is 13.8 Å². The van der Waals surface area contributed by atoms with E-state index in [1.165, 1.54) is 4.90 Å². The summed E-state index contributed by atoms with van der Waals surface area (Å²) in [5, 5.41) is 2.85. The molecule has 0 radical (unpaired) electrons. The Balaban J connectivity index is 1.69. The van der Waals surface area contributed by atoms with Crippen LogP contribution >= 0.6 is 0 Å². The molecule has 1 aromatic rings. The molecular weight excluding hydrogens is 356 g/mol. The van der Waals surface area contributed by atoms with Crippen LogP contribution in [0.25, 0.3) is 0 Å². The zero-order valence-electron chi connectivity index (χ0n) is 16.1. The third-order valence-corrected chi connectivity index (χ3v) is 4.67. The summed E-state index contributed by atoms with van der Waals surface area (Å²) in [6.07, 6.45) is 2.21. The van der Waals surface area contributed by atoms with Crippen LogP contribution in [0.2, 0.25) is 0 Å². The van der Waals surface area contributed by atoms with Crippen LogP contribution in [0.1, 0.15) is 37.2 Å². The number of amides is 1. The largest absolute Gasteiger partial charge is 0.476 e. The van der Waals surface area contributed by atoms with Gasteiger partial charge in [-0.1, -0.05) is 13.8 Å². The Labute approximate surface area is 158 Å². The average Bonchev–Trinajstić information content (AvgIpc) is 3.40. The number of ether oxygens (including phenoxy) is 2. The van der Waals surface area contributed by atoms with E-state index in [-0.39, 0.29) is 36.0 Å². The van der Waals surface area contributed by atoms with Crippen LogP contribution in [-0.4, -0.2) is 56.8 Å². The Hall–Kier alpha value is -1.96. The summed E-state index contributed by atoms with van der Waals surface area (Å²) in [5.41, 5.74) is 0.515. The first kappa shape index (κ1) is 19.8. The number of methoxy groups -OCH3 is 1. The third-order valence-electron chi connectivity index (χ3n) is 4.67. The van der Waals surface area contributed by atoms with Gasteiger partial charge in [0.15, 0.2) is 0 Å². The fraction of sp³-hybridized carbons (Fsp3) is 0.684. The molecule has 1 amide bonds. The maximum Gasteiger partial charge on any atom is 0.282 e. The van der Waals surface area contributed by atoms with Gasteiger partial charge in [0.05, 0.1) is 26.3 Å². The van der Waals surface area contributed by atoms with E-state index < -0.39 is 5.92 Å². The molecule has 0 bridgehead atoms. The molecule has 0 unspecified atom stereocenters. The summed E-state index contributed by atoms with van der Waals surface area (Å²) in [5.74, 6) is -2.27. The number of hydrogen-bond donors (Lipinski definition) is 1. The molecule has 0 aromatic carbocycles. The molecule has 0 atom stereocenters. The van der Waals surface area contributed by atoms with Crippen molar-refractivity contribution in [1.82, 2.24) is 10.3 Å². The van der Waals surface area contributed by atoms with Gasteiger partial charge in [-0.15, -0.1) is 0 Å². The molecule has 1 aliphatic carbocycles. The van der Waals surface area contributed by atoms with Crippen molar-refractivity contribution in [2.75, 3.05) is 44.9 Å². The number of halogens is 2. The first-order chi connectivity index (χ1) is 12.7. The minimum Gasteiger partial charge on any atom is -0.476 e. The normalized spacial score (nSPS) is 18.8. The van der Waals surface area contributed by atoms with Crippen LogP contribution in [0.15, 0.2) is 12.1 Å². The predicted molar refractivity (Wildman–Crippen MR) is 97.6 cm³/mol. The van der Waals surface area contributed by atoms with Crippen molar-refractivity contribution in [3.8, 4) is 5.88 Å². The van der Waals surface area contributed by atoms with Gasteiger partial charge in [0.2, 0.25) is 5.88 Å². The van der Waals surface area contributed by atoms with Crippen LogP contribution < -0.4 is 15.0 Å². The van der Waals surface area contributed by atoms with E-state index in [0.717, 1.165) is 12.8 Å². The summed E-state index contributed by atoms with van der Waals surface area (Å²) >= 11 is 0. The number of nitrogens with one attached hydrogen (secondary N) is 1. The van der Waals surface area contributed by atoms with Crippen molar-refractivity contribution >= 4 is 11.6 Å². The Morgan fingerprint density at radius 2 is 2.07 bits per heavy atom. The molecule has 2 fully saturated rings. The van der Waals surface area contributed by atoms with Crippen molar-refractivity contribution in [2.45, 2.75) is 32.6 Å². The number of alkyl halides is 2. The number of pyridine rings is 1. The van der Waals surface area contributed by atoms with E-state index in [0.29, 0.717) is 31.4 Å². The Morgan fingerprint density at radius 1 is 1.37 bits per heavy atom. The number of aromatic nitrogens is 1. The minimum atomic E-state index is -2.68. The smallest absolute Gasteiger partial charge is 0.282 e. The summed E-state index contributed by atoms with van der Waals surface area (Å²) in [6, 6.07) is 3.19. The molecule has 2 heterocycles. The molecule has 8 heteroatoms. The topological polar surface area (TPSA) is 63.7 Å². The molecule has 1 aromatic heterocycles. The van der Waals surface area contributed by atoms with Crippen LogP contribution in [0.5, 0.6) is 5.88 Å². The van der Waals surface area contributed by atoms with Crippen molar-refractivity contribution in [3.63, 3.8) is 0 Å². The van der Waals surface area contributed by atoms with Crippen molar-refractivity contribution in [3.05, 3.63) is 17.8 Å². The maximum absolute atomic E-state index is 13.2. The van der Waals surface area contributed by atoms with E-state index in [4.69, 9.17) is 9.47 Å². The number of nitrogens with zero attached hydrogens (tertiary/aromatic N) is 2. The monoisotopic (exact) mass is 383 g/mol. The lowest BCUT2D eigenvalue weighted by atomic mass is 9.95. The maximum atomic E-state index is 13.2. The van der Waals surface area contributed by atoms with Gasteiger partial charge in [-0.05, 0) is 30.9 Å². The van der Waals surface area contributed by atoms with Gasteiger partial charge in [-0.2, -0.15) is 0 Å². The lowest BCUT2D eigenvalue weighted by molar-refractivity contribution is -0.0265. The summed E-state index contributed by atoms with van der Waals surface area (Å²) in [6.45, 7) is 4.70. The predicted octanol–water partition coefficient (Wildman–Crippen LogP) is 2.73. The first-order valence-electron chi connectivity index (χ1n) is 9.23. The highest BCUT2D eigenvalue weighted by atomic mass is 19.3. The molecule has 3 rings (SSSR count). The second kappa shape index (κ2) is 7.58. The third kappa shape index (κ3) is 5.28. The number of rotatable bonds is 9. The second-order valence-electron chi connectivity index (χ2n) is 8.27. The van der Waals surface area contributed by atoms with E-state index >= 15 is 0 Å². The van der Waals surface area contributed by atoms with Gasteiger partial charge in [0.1, 0.15) is 11.4 Å². The van der Waals surface area contributed by atoms with E-state index in [1.807, 2.05) is 13.8 Å². The summed E-state index contributed by atoms with van der Waals surface area (Å²) < 4.78 is 37.4. The lowest BCUT2D eigenvalue weighted by Gasteiger charge is -2.40. The fourth-order valence-electron chi connectivity index (χ4n) is 2.92. The second-order valence-corrected chi connectivity index (χ2v) is 8.27. The Morgan fingerprint density at radius 3 is 2.67 bits per heavy atom. The van der Waals surface area contributed by atoms with E-state index in [2.05, 4.69) is 10.3 Å². The van der Waals surface area contributed by atoms with Gasteiger partial charge >= 0.3 is 0 Å². The van der Waals surface area contributed by atoms with E-state index in [1.54, 1.807) is 19.2 Å². The SMILES string of the molecule is COCC(C)(C)CNC(=O)c1ccc(N2CC(F)(F)C2)c(OCC2CC2)n1. The zero-order chi connectivity index (χ0) is 19.7. The van der Waals surface area contributed by atoms with Crippen molar-refractivity contribution in [2.24, 2.45) is 11.3 Å². The molecule has 0 spiro atoms. The highest BCUT2D eigenvalue weighted by Gasteiger charge is 2.45. The van der Waals surface area contributed by atoms with Crippen LogP contribution in [0.4, 0.5) is 14.5 Å². The molecule has 1 aliphatic heterocycles. The molecule has 1 N–H and O–H groups in total. The first-order valence-corrected chi connectivity index (χ1v) is 9.23. The minimum absolute atomic E-state index is 0.209. The molecule has 1 saturated heterocycles. The molecule has 6 nitrogen and oxygen atoms in total. The fourth-order valence-corrected chi connectivity index (χ4v) is 2.92. The van der Waals surface area contributed by atoms with Gasteiger partial charge < -0.3 is 19.7 Å². The number of hydrogen-bond acceptors (Lipinski definition) is 5. The standard InChI is InChI=1S/C19H27F2N3O3/c1-18(2,12-26-3)9-22-16(25)14-6-7-15(24-10-19(20,21)11-24)17(23-14)27-8-13-4-5-13/h6-7,13H,4-5,8-12H2,1-3H3,(H,22,25). The van der Waals surface area contributed by atoms with Gasteiger partial charge in [0, 0.05) is 19.1 Å². The number of carbonyl (C=O) groups is 1. The Bertz CT molecular complexity index is 685. The van der Waals surface area contributed by atoms with Crippen LogP contribution in [-0.2, 0) is 4.74 Å². The van der Waals surface area contributed by atoms with E-state index in [9.17, 15) is 13.6 Å². The molecule has 1 saturated carbocycles. The summed E-state index contributed by atoms with van der Waals surface area (Å²) in [7, 11) is 1.62. The molecular formula is C19H27F2N3O3. The van der Waals surface area contributed by atoms with Gasteiger partial charge in [-0.3, -0.25) is 4.79 Å². The highest BCUT2D eigenvalue weighted by molar-refractivity contribution is 5.92. The van der Waals surface area contributed by atoms with Crippen molar-refractivity contribution in [1.29, 1.82) is 0 Å². The number of carbonyl (C=O) groups excluding carboxylic acids is 1. The van der Waals surface area contributed by atoms with Crippen LogP contribution in [0, 0.1) is 11.3 Å². The van der Waals surface area contributed by atoms with Gasteiger partial charge in [0.25, 0.3) is 11.8 Å². The quantitative estimate of drug-likeness (QED) is 0.710. The zero-order valence-corrected chi connectivity index (χ0v) is 16.1. The average molecular weight is 383 g/mol. The number of anilines is 1. The molecule has 150 valence electrons. The Kier molecular flexibility index (Phi) is 5.55. The highest BCUT2D eigenvalue weighted by Crippen LogP contribution is 2.37. The van der Waals surface area contributed by atoms with Crippen LogP contribution in [0.3, 0.4) is 0 Å². The summed E-state index contributed by atoms with van der Waals surface area (Å²) in [4.78, 5) is 18.3. The van der Waals surface area contributed by atoms with Crippen molar-refractivity contribution < 1.29 is 23.0 Å². The lowest BCUT2D eigenvalue weighted by Crippen LogP contribution is -2.56.